The lowest BCUT2D eigenvalue weighted by Crippen LogP contribution is -2.40. The number of aromatic nitrogens is 1. The van der Waals surface area contributed by atoms with E-state index in [4.69, 9.17) is 37.4 Å². The van der Waals surface area contributed by atoms with E-state index in [2.05, 4.69) is 27.6 Å². The van der Waals surface area contributed by atoms with Crippen molar-refractivity contribution in [3.63, 3.8) is 0 Å². The van der Waals surface area contributed by atoms with E-state index in [0.29, 0.717) is 54.3 Å². The first-order chi connectivity index (χ1) is 22.0. The van der Waals surface area contributed by atoms with E-state index in [1.807, 2.05) is 19.1 Å². The fraction of sp³-hybridized carbons (Fsp3) is 0.219. The van der Waals surface area contributed by atoms with E-state index >= 15 is 0 Å². The summed E-state index contributed by atoms with van der Waals surface area (Å²) in [5.41, 5.74) is 1.80. The van der Waals surface area contributed by atoms with Crippen molar-refractivity contribution < 1.29 is 23.9 Å². The molecule has 0 amide bonds. The zero-order valence-corrected chi connectivity index (χ0v) is 29.2. The molecule has 0 N–H and O–H groups in total. The Morgan fingerprint density at radius 1 is 1.11 bits per heavy atom. The summed E-state index contributed by atoms with van der Waals surface area (Å²) in [5, 5.41) is 12.5. The fourth-order valence-corrected chi connectivity index (χ4v) is 7.07. The lowest BCUT2D eigenvalue weighted by atomic mass is 9.95. The smallest absolute Gasteiger partial charge is 0.338 e. The molecule has 0 bridgehead atoms. The van der Waals surface area contributed by atoms with Crippen molar-refractivity contribution in [2.75, 3.05) is 13.2 Å². The molecule has 46 heavy (non-hydrogen) atoms. The van der Waals surface area contributed by atoms with Crippen LogP contribution in [0.1, 0.15) is 43.5 Å². The molecule has 2 heterocycles. The van der Waals surface area contributed by atoms with E-state index in [1.54, 1.807) is 44.2 Å². The minimum absolute atomic E-state index is 0.107. The van der Waals surface area contributed by atoms with Crippen LogP contribution >= 0.6 is 57.1 Å². The number of nitro benzene ring substituents is 1. The number of halogens is 3. The van der Waals surface area contributed by atoms with Crippen LogP contribution < -0.4 is 24.4 Å². The molecule has 0 saturated carbocycles. The Hall–Kier alpha value is -3.72. The van der Waals surface area contributed by atoms with E-state index in [0.717, 1.165) is 20.5 Å². The molecule has 0 unspecified atom stereocenters. The van der Waals surface area contributed by atoms with Crippen LogP contribution in [0.2, 0.25) is 10.0 Å². The molecule has 0 radical (unpaired) electrons. The number of hydrogen-bond acceptors (Lipinski definition) is 9. The molecule has 0 saturated heterocycles. The third-order valence-corrected chi connectivity index (χ3v) is 9.43. The quantitative estimate of drug-likeness (QED) is 0.0769. The second-order valence-electron chi connectivity index (χ2n) is 9.95. The molecule has 5 rings (SSSR count). The van der Waals surface area contributed by atoms with Crippen molar-refractivity contribution in [3.05, 3.63) is 126 Å². The SMILES string of the molecule is CCOC(=O)C1=C(C)N=c2s/c(=C/c3cc(I)c(OCc4ccc(Cl)c(Cl)c4)c(OCC)c3)c(=O)n2[C@@H]1c1cccc([N+](=O)[O-])c1. The van der Waals surface area contributed by atoms with Gasteiger partial charge in [-0.25, -0.2) is 9.79 Å². The highest BCUT2D eigenvalue weighted by Crippen LogP contribution is 2.36. The molecular formula is C32H26Cl2IN3O7S. The third-order valence-electron chi connectivity index (χ3n) is 6.91. The number of allylic oxidation sites excluding steroid dienone is 1. The van der Waals surface area contributed by atoms with E-state index in [9.17, 15) is 19.7 Å². The Morgan fingerprint density at radius 2 is 1.89 bits per heavy atom. The molecule has 1 aliphatic heterocycles. The average molecular weight is 794 g/mol. The number of fused-ring (bicyclic) bond motifs is 1. The van der Waals surface area contributed by atoms with Gasteiger partial charge in [-0.15, -0.1) is 0 Å². The van der Waals surface area contributed by atoms with Crippen molar-refractivity contribution in [1.29, 1.82) is 0 Å². The number of non-ortho nitro benzene ring substituents is 1. The monoisotopic (exact) mass is 793 g/mol. The summed E-state index contributed by atoms with van der Waals surface area (Å²) in [7, 11) is 0. The lowest BCUT2D eigenvalue weighted by molar-refractivity contribution is -0.384. The van der Waals surface area contributed by atoms with Crippen molar-refractivity contribution in [2.24, 2.45) is 4.99 Å². The number of carbonyl (C=O) groups excluding carboxylic acids is 1. The Morgan fingerprint density at radius 3 is 2.59 bits per heavy atom. The average Bonchev–Trinajstić information content (AvgIpc) is 3.31. The number of esters is 1. The summed E-state index contributed by atoms with van der Waals surface area (Å²) < 4.78 is 19.8. The highest BCUT2D eigenvalue weighted by atomic mass is 127. The third kappa shape index (κ3) is 6.99. The van der Waals surface area contributed by atoms with Crippen molar-refractivity contribution in [3.8, 4) is 11.5 Å². The van der Waals surface area contributed by atoms with Crippen LogP contribution in [0.3, 0.4) is 0 Å². The van der Waals surface area contributed by atoms with Gasteiger partial charge in [0, 0.05) is 12.1 Å². The normalized spacial score (nSPS) is 14.5. The predicted molar refractivity (Wildman–Crippen MR) is 185 cm³/mol. The molecule has 0 fully saturated rings. The summed E-state index contributed by atoms with van der Waals surface area (Å²) in [4.78, 5) is 43.1. The van der Waals surface area contributed by atoms with Gasteiger partial charge in [-0.3, -0.25) is 19.5 Å². The fourth-order valence-electron chi connectivity index (χ4n) is 4.93. The van der Waals surface area contributed by atoms with Gasteiger partial charge in [-0.05, 0) is 90.4 Å². The molecule has 4 aromatic rings. The van der Waals surface area contributed by atoms with Gasteiger partial charge in [-0.2, -0.15) is 0 Å². The Bertz CT molecular complexity index is 2080. The largest absolute Gasteiger partial charge is 0.490 e. The first-order valence-electron chi connectivity index (χ1n) is 14.0. The second kappa shape index (κ2) is 14.4. The summed E-state index contributed by atoms with van der Waals surface area (Å²) in [6.07, 6.45) is 1.71. The number of carbonyl (C=O) groups is 1. The molecule has 0 aliphatic carbocycles. The van der Waals surface area contributed by atoms with Gasteiger partial charge in [0.15, 0.2) is 16.3 Å². The molecular weight excluding hydrogens is 768 g/mol. The molecule has 1 aromatic heterocycles. The van der Waals surface area contributed by atoms with Crippen molar-refractivity contribution in [1.82, 2.24) is 4.57 Å². The Balaban J connectivity index is 1.59. The number of ether oxygens (including phenoxy) is 3. The van der Waals surface area contributed by atoms with Crippen LogP contribution in [0.4, 0.5) is 5.69 Å². The van der Waals surface area contributed by atoms with Gasteiger partial charge in [0.2, 0.25) is 0 Å². The van der Waals surface area contributed by atoms with Crippen LogP contribution in [-0.4, -0.2) is 28.7 Å². The standard InChI is InChI=1S/C32H26Cl2IN3O7S/c1-4-43-25-13-19(12-24(35)29(25)45-16-18-9-10-22(33)23(34)11-18)14-26-30(39)37-28(20-7-6-8-21(15-20)38(41)42)27(31(40)44-5-2)17(3)36-32(37)46-26/h6-15,28H,4-5,16H2,1-3H3/b26-14+/t28-/m1/s1. The predicted octanol–water partition coefficient (Wildman–Crippen LogP) is 6.60. The maximum absolute atomic E-state index is 14.0. The van der Waals surface area contributed by atoms with Crippen LogP contribution in [0, 0.1) is 13.7 Å². The van der Waals surface area contributed by atoms with Crippen molar-refractivity contribution >= 4 is 74.9 Å². The highest BCUT2D eigenvalue weighted by Gasteiger charge is 2.34. The van der Waals surface area contributed by atoms with Gasteiger partial charge in [-0.1, -0.05) is 52.7 Å². The number of nitrogens with zero attached hydrogens (tertiary/aromatic N) is 3. The Labute approximate surface area is 290 Å². The number of benzene rings is 3. The second-order valence-corrected chi connectivity index (χ2v) is 12.9. The molecule has 0 spiro atoms. The molecule has 1 atom stereocenters. The van der Waals surface area contributed by atoms with Gasteiger partial charge in [0.25, 0.3) is 11.2 Å². The molecule has 14 heteroatoms. The van der Waals surface area contributed by atoms with Gasteiger partial charge in [0.1, 0.15) is 6.61 Å². The van der Waals surface area contributed by atoms with Gasteiger partial charge in [0.05, 0.1) is 53.6 Å². The van der Waals surface area contributed by atoms with Gasteiger partial charge >= 0.3 is 5.97 Å². The number of nitro groups is 1. The minimum Gasteiger partial charge on any atom is -0.490 e. The first-order valence-corrected chi connectivity index (χ1v) is 16.6. The van der Waals surface area contributed by atoms with Crippen LogP contribution in [0.15, 0.2) is 75.7 Å². The molecule has 238 valence electrons. The molecule has 1 aliphatic rings. The zero-order valence-electron chi connectivity index (χ0n) is 24.7. The highest BCUT2D eigenvalue weighted by molar-refractivity contribution is 14.1. The lowest BCUT2D eigenvalue weighted by Gasteiger charge is -2.24. The number of rotatable bonds is 10. The van der Waals surface area contributed by atoms with Crippen LogP contribution in [0.25, 0.3) is 6.08 Å². The zero-order chi connectivity index (χ0) is 33.1. The maximum atomic E-state index is 14.0. The van der Waals surface area contributed by atoms with E-state index in [1.165, 1.54) is 22.8 Å². The molecule has 3 aromatic carbocycles. The summed E-state index contributed by atoms with van der Waals surface area (Å²) >= 11 is 15.5. The summed E-state index contributed by atoms with van der Waals surface area (Å²) in [6.45, 7) is 5.90. The first kappa shape index (κ1) is 33.6. The van der Waals surface area contributed by atoms with Gasteiger partial charge < -0.3 is 14.2 Å². The Kier molecular flexibility index (Phi) is 10.5. The topological polar surface area (TPSA) is 122 Å². The minimum atomic E-state index is -0.978. The molecule has 10 nitrogen and oxygen atoms in total. The number of thiazole rings is 1. The number of hydrogen-bond donors (Lipinski definition) is 0. The van der Waals surface area contributed by atoms with E-state index in [-0.39, 0.29) is 24.5 Å². The van der Waals surface area contributed by atoms with Crippen LogP contribution in [0.5, 0.6) is 11.5 Å². The van der Waals surface area contributed by atoms with Crippen molar-refractivity contribution in [2.45, 2.75) is 33.4 Å². The summed E-state index contributed by atoms with van der Waals surface area (Å²) in [5.74, 6) is 0.373. The van der Waals surface area contributed by atoms with E-state index < -0.39 is 22.5 Å². The van der Waals surface area contributed by atoms with Crippen LogP contribution in [-0.2, 0) is 16.1 Å². The maximum Gasteiger partial charge on any atom is 0.338 e. The summed E-state index contributed by atoms with van der Waals surface area (Å²) in [6, 6.07) is 13.8.